The van der Waals surface area contributed by atoms with Crippen LogP contribution in [0, 0.1) is 5.41 Å². The molecule has 1 aromatic rings. The molecule has 1 amide bonds. The number of nitrogens with zero attached hydrogens (tertiary/aromatic N) is 1. The standard InChI is InChI=1S/C14H23N3O/c1-5-7-16-12-9-15-8-6-11(12)13(18)17-10-14(2,3)4/h6,8-9,16H,5,7,10H2,1-4H3,(H,17,18). The molecule has 0 unspecified atom stereocenters. The van der Waals surface area contributed by atoms with E-state index >= 15 is 0 Å². The van der Waals surface area contributed by atoms with E-state index in [1.165, 1.54) is 0 Å². The second kappa shape index (κ2) is 6.38. The highest BCUT2D eigenvalue weighted by atomic mass is 16.1. The molecule has 4 nitrogen and oxygen atoms in total. The van der Waals surface area contributed by atoms with Gasteiger partial charge in [0.15, 0.2) is 0 Å². The zero-order chi connectivity index (χ0) is 13.6. The monoisotopic (exact) mass is 249 g/mol. The van der Waals surface area contributed by atoms with Gasteiger partial charge in [0.25, 0.3) is 5.91 Å². The smallest absolute Gasteiger partial charge is 0.253 e. The van der Waals surface area contributed by atoms with Gasteiger partial charge in [-0.05, 0) is 17.9 Å². The van der Waals surface area contributed by atoms with Crippen molar-refractivity contribution in [3.8, 4) is 0 Å². The first-order valence-corrected chi connectivity index (χ1v) is 6.40. The lowest BCUT2D eigenvalue weighted by Gasteiger charge is -2.19. The quantitative estimate of drug-likeness (QED) is 0.843. The van der Waals surface area contributed by atoms with Gasteiger partial charge in [0.2, 0.25) is 0 Å². The van der Waals surface area contributed by atoms with Crippen molar-refractivity contribution in [2.24, 2.45) is 5.41 Å². The number of anilines is 1. The lowest BCUT2D eigenvalue weighted by atomic mass is 9.97. The predicted molar refractivity (Wildman–Crippen MR) is 74.8 cm³/mol. The Morgan fingerprint density at radius 3 is 2.72 bits per heavy atom. The van der Waals surface area contributed by atoms with E-state index in [-0.39, 0.29) is 11.3 Å². The molecular formula is C14H23N3O. The molecule has 18 heavy (non-hydrogen) atoms. The molecule has 0 spiro atoms. The van der Waals surface area contributed by atoms with E-state index in [1.807, 2.05) is 0 Å². The van der Waals surface area contributed by atoms with Crippen molar-refractivity contribution in [1.29, 1.82) is 0 Å². The summed E-state index contributed by atoms with van der Waals surface area (Å²) >= 11 is 0. The fraction of sp³-hybridized carbons (Fsp3) is 0.571. The van der Waals surface area contributed by atoms with E-state index in [9.17, 15) is 4.79 Å². The summed E-state index contributed by atoms with van der Waals surface area (Å²) in [7, 11) is 0. The number of hydrogen-bond donors (Lipinski definition) is 2. The third-order valence-electron chi connectivity index (χ3n) is 2.41. The maximum absolute atomic E-state index is 12.1. The number of aromatic nitrogens is 1. The lowest BCUT2D eigenvalue weighted by Crippen LogP contribution is -2.32. The van der Waals surface area contributed by atoms with Crippen LogP contribution in [0.25, 0.3) is 0 Å². The average molecular weight is 249 g/mol. The highest BCUT2D eigenvalue weighted by molar-refractivity contribution is 5.99. The van der Waals surface area contributed by atoms with Crippen LogP contribution in [0.2, 0.25) is 0 Å². The van der Waals surface area contributed by atoms with E-state index in [0.29, 0.717) is 12.1 Å². The fourth-order valence-corrected chi connectivity index (χ4v) is 1.43. The van der Waals surface area contributed by atoms with Crippen molar-refractivity contribution in [3.63, 3.8) is 0 Å². The van der Waals surface area contributed by atoms with Crippen LogP contribution in [0.5, 0.6) is 0 Å². The molecule has 0 bridgehead atoms. The fourth-order valence-electron chi connectivity index (χ4n) is 1.43. The third kappa shape index (κ3) is 4.73. The van der Waals surface area contributed by atoms with E-state index in [4.69, 9.17) is 0 Å². The first-order chi connectivity index (χ1) is 8.44. The van der Waals surface area contributed by atoms with E-state index in [2.05, 4.69) is 43.3 Å². The summed E-state index contributed by atoms with van der Waals surface area (Å²) in [4.78, 5) is 16.1. The molecule has 1 heterocycles. The molecule has 0 aliphatic heterocycles. The van der Waals surface area contributed by atoms with Crippen molar-refractivity contribution in [3.05, 3.63) is 24.0 Å². The van der Waals surface area contributed by atoms with Gasteiger partial charge in [-0.15, -0.1) is 0 Å². The van der Waals surface area contributed by atoms with Crippen LogP contribution in [0.3, 0.4) is 0 Å². The van der Waals surface area contributed by atoms with Crippen molar-refractivity contribution in [2.45, 2.75) is 34.1 Å². The van der Waals surface area contributed by atoms with Gasteiger partial charge in [-0.2, -0.15) is 0 Å². The van der Waals surface area contributed by atoms with Crippen molar-refractivity contribution in [2.75, 3.05) is 18.4 Å². The van der Waals surface area contributed by atoms with Crippen LogP contribution >= 0.6 is 0 Å². The van der Waals surface area contributed by atoms with Gasteiger partial charge in [0, 0.05) is 19.3 Å². The molecule has 0 aliphatic rings. The normalized spacial score (nSPS) is 11.1. The Labute approximate surface area is 109 Å². The van der Waals surface area contributed by atoms with Gasteiger partial charge in [-0.3, -0.25) is 9.78 Å². The van der Waals surface area contributed by atoms with E-state index < -0.39 is 0 Å². The molecule has 1 aromatic heterocycles. The highest BCUT2D eigenvalue weighted by Gasteiger charge is 2.15. The summed E-state index contributed by atoms with van der Waals surface area (Å²) in [5.74, 6) is -0.0501. The minimum Gasteiger partial charge on any atom is -0.383 e. The summed E-state index contributed by atoms with van der Waals surface area (Å²) in [6.07, 6.45) is 4.35. The maximum atomic E-state index is 12.1. The lowest BCUT2D eigenvalue weighted by molar-refractivity contribution is 0.0940. The Bertz CT molecular complexity index is 396. The van der Waals surface area contributed by atoms with Gasteiger partial charge in [-0.25, -0.2) is 0 Å². The molecule has 0 saturated heterocycles. The van der Waals surface area contributed by atoms with Gasteiger partial charge in [0.1, 0.15) is 0 Å². The molecule has 0 saturated carbocycles. The molecule has 100 valence electrons. The van der Waals surface area contributed by atoms with Gasteiger partial charge in [-0.1, -0.05) is 27.7 Å². The number of rotatable bonds is 5. The number of nitrogens with one attached hydrogen (secondary N) is 2. The van der Waals surface area contributed by atoms with Gasteiger partial charge in [0.05, 0.1) is 17.4 Å². The van der Waals surface area contributed by atoms with E-state index in [1.54, 1.807) is 18.5 Å². The van der Waals surface area contributed by atoms with Gasteiger partial charge >= 0.3 is 0 Å². The molecule has 0 radical (unpaired) electrons. The van der Waals surface area contributed by atoms with Crippen LogP contribution in [0.1, 0.15) is 44.5 Å². The zero-order valence-electron chi connectivity index (χ0n) is 11.7. The summed E-state index contributed by atoms with van der Waals surface area (Å²) in [6, 6.07) is 1.75. The van der Waals surface area contributed by atoms with Crippen LogP contribution in [-0.4, -0.2) is 24.0 Å². The van der Waals surface area contributed by atoms with Crippen molar-refractivity contribution in [1.82, 2.24) is 10.3 Å². The Hall–Kier alpha value is -1.58. The molecule has 0 atom stereocenters. The summed E-state index contributed by atoms with van der Waals surface area (Å²) < 4.78 is 0. The zero-order valence-corrected chi connectivity index (χ0v) is 11.7. The topological polar surface area (TPSA) is 54.0 Å². The Morgan fingerprint density at radius 1 is 1.39 bits per heavy atom. The predicted octanol–water partition coefficient (Wildman–Crippen LogP) is 2.68. The second-order valence-corrected chi connectivity index (χ2v) is 5.59. The van der Waals surface area contributed by atoms with Crippen LogP contribution < -0.4 is 10.6 Å². The molecule has 2 N–H and O–H groups in total. The van der Waals surface area contributed by atoms with Crippen molar-refractivity contribution < 1.29 is 4.79 Å². The number of carbonyl (C=O) groups is 1. The van der Waals surface area contributed by atoms with Crippen LogP contribution in [-0.2, 0) is 0 Å². The van der Waals surface area contributed by atoms with E-state index in [0.717, 1.165) is 18.7 Å². The third-order valence-corrected chi connectivity index (χ3v) is 2.41. The summed E-state index contributed by atoms with van der Waals surface area (Å²) in [6.45, 7) is 9.86. The Balaban J connectivity index is 2.72. The minimum atomic E-state index is -0.0501. The first-order valence-electron chi connectivity index (χ1n) is 6.40. The molecular weight excluding hydrogens is 226 g/mol. The second-order valence-electron chi connectivity index (χ2n) is 5.59. The Morgan fingerprint density at radius 2 is 2.11 bits per heavy atom. The van der Waals surface area contributed by atoms with Crippen LogP contribution in [0.15, 0.2) is 18.5 Å². The SMILES string of the molecule is CCCNc1cnccc1C(=O)NCC(C)(C)C. The molecule has 0 aromatic carbocycles. The molecule has 4 heteroatoms. The summed E-state index contributed by atoms with van der Waals surface area (Å²) in [5.41, 5.74) is 1.54. The highest BCUT2D eigenvalue weighted by Crippen LogP contribution is 2.15. The Kier molecular flexibility index (Phi) is 5.13. The number of carbonyl (C=O) groups excluding carboxylic acids is 1. The molecule has 1 rings (SSSR count). The number of pyridine rings is 1. The first kappa shape index (κ1) is 14.5. The number of amides is 1. The largest absolute Gasteiger partial charge is 0.383 e. The number of hydrogen-bond acceptors (Lipinski definition) is 3. The van der Waals surface area contributed by atoms with Crippen LogP contribution in [0.4, 0.5) is 5.69 Å². The summed E-state index contributed by atoms with van der Waals surface area (Å²) in [5, 5.41) is 6.17. The average Bonchev–Trinajstić information content (AvgIpc) is 2.33. The molecule has 0 aliphatic carbocycles. The molecule has 0 fully saturated rings. The minimum absolute atomic E-state index is 0.0501. The maximum Gasteiger partial charge on any atom is 0.253 e. The van der Waals surface area contributed by atoms with Gasteiger partial charge < -0.3 is 10.6 Å². The van der Waals surface area contributed by atoms with Crippen molar-refractivity contribution >= 4 is 11.6 Å².